The smallest absolute Gasteiger partial charge is 0.0452 e. The number of piperidine rings is 1. The molecule has 0 spiro atoms. The zero-order valence-corrected chi connectivity index (χ0v) is 13.5. The van der Waals surface area contributed by atoms with Gasteiger partial charge in [-0.1, -0.05) is 63.9 Å². The van der Waals surface area contributed by atoms with Crippen molar-refractivity contribution in [1.29, 1.82) is 0 Å². The molecular formula is C17H17BrClN. The lowest BCUT2D eigenvalue weighted by Gasteiger charge is -2.33. The quantitative estimate of drug-likeness (QED) is 0.807. The molecule has 1 aliphatic heterocycles. The average molecular weight is 351 g/mol. The van der Waals surface area contributed by atoms with Crippen LogP contribution >= 0.6 is 27.5 Å². The van der Waals surface area contributed by atoms with Crippen LogP contribution < -0.4 is 5.32 Å². The zero-order chi connectivity index (χ0) is 13.9. The summed E-state index contributed by atoms with van der Waals surface area (Å²) in [4.78, 5) is 0. The Hall–Kier alpha value is -0.830. The topological polar surface area (TPSA) is 12.0 Å². The van der Waals surface area contributed by atoms with Gasteiger partial charge in [-0.15, -0.1) is 0 Å². The standard InChI is InChI=1S/C17H17BrClN/c18-13-6-7-15(17(19)10-13)14-8-9-20-11-16(14)12-4-2-1-3-5-12/h1-7,10,14,16,20H,8-9,11H2. The molecule has 1 nitrogen and oxygen atoms in total. The summed E-state index contributed by atoms with van der Waals surface area (Å²) in [5.41, 5.74) is 2.66. The third kappa shape index (κ3) is 2.93. The first-order chi connectivity index (χ1) is 9.75. The highest BCUT2D eigenvalue weighted by atomic mass is 79.9. The molecule has 0 saturated carbocycles. The Kier molecular flexibility index (Phi) is 4.45. The van der Waals surface area contributed by atoms with Crippen molar-refractivity contribution in [2.45, 2.75) is 18.3 Å². The van der Waals surface area contributed by atoms with E-state index in [0.717, 1.165) is 29.0 Å². The van der Waals surface area contributed by atoms with Crippen LogP contribution in [0.5, 0.6) is 0 Å². The van der Waals surface area contributed by atoms with Gasteiger partial charge in [-0.25, -0.2) is 0 Å². The van der Waals surface area contributed by atoms with Crippen molar-refractivity contribution in [2.75, 3.05) is 13.1 Å². The third-order valence-electron chi connectivity index (χ3n) is 4.07. The molecule has 20 heavy (non-hydrogen) atoms. The second kappa shape index (κ2) is 6.30. The van der Waals surface area contributed by atoms with Crippen molar-refractivity contribution in [3.05, 3.63) is 69.2 Å². The average Bonchev–Trinajstić information content (AvgIpc) is 2.48. The Bertz CT molecular complexity index is 585. The van der Waals surface area contributed by atoms with Crippen molar-refractivity contribution < 1.29 is 0 Å². The Morgan fingerprint density at radius 3 is 2.60 bits per heavy atom. The lowest BCUT2D eigenvalue weighted by Crippen LogP contribution is -2.34. The summed E-state index contributed by atoms with van der Waals surface area (Å²) in [6.07, 6.45) is 1.13. The fourth-order valence-electron chi connectivity index (χ4n) is 3.08. The molecule has 1 heterocycles. The van der Waals surface area contributed by atoms with Crippen molar-refractivity contribution in [2.24, 2.45) is 0 Å². The Morgan fingerprint density at radius 2 is 1.85 bits per heavy atom. The highest BCUT2D eigenvalue weighted by Crippen LogP contribution is 2.40. The van der Waals surface area contributed by atoms with Gasteiger partial charge in [0.15, 0.2) is 0 Å². The normalized spacial score (nSPS) is 22.7. The molecule has 2 aromatic rings. The van der Waals surface area contributed by atoms with Gasteiger partial charge in [0.2, 0.25) is 0 Å². The van der Waals surface area contributed by atoms with E-state index in [1.807, 2.05) is 6.07 Å². The van der Waals surface area contributed by atoms with E-state index in [2.05, 4.69) is 63.7 Å². The largest absolute Gasteiger partial charge is 0.316 e. The van der Waals surface area contributed by atoms with Crippen molar-refractivity contribution in [1.82, 2.24) is 5.32 Å². The van der Waals surface area contributed by atoms with Crippen molar-refractivity contribution in [3.8, 4) is 0 Å². The van der Waals surface area contributed by atoms with Gasteiger partial charge < -0.3 is 5.32 Å². The molecule has 2 aromatic carbocycles. The van der Waals surface area contributed by atoms with Gasteiger partial charge in [0.05, 0.1) is 0 Å². The molecular weight excluding hydrogens is 334 g/mol. The second-order valence-electron chi connectivity index (χ2n) is 5.28. The molecule has 0 radical (unpaired) electrons. The summed E-state index contributed by atoms with van der Waals surface area (Å²) in [6, 6.07) is 17.0. The monoisotopic (exact) mass is 349 g/mol. The van der Waals surface area contributed by atoms with Crippen LogP contribution in [-0.2, 0) is 0 Å². The number of halogens is 2. The van der Waals surface area contributed by atoms with E-state index < -0.39 is 0 Å². The molecule has 0 amide bonds. The molecule has 2 unspecified atom stereocenters. The Morgan fingerprint density at radius 1 is 1.05 bits per heavy atom. The molecule has 1 fully saturated rings. The van der Waals surface area contributed by atoms with Crippen molar-refractivity contribution >= 4 is 27.5 Å². The molecule has 1 aliphatic rings. The van der Waals surface area contributed by atoms with Crippen LogP contribution in [0.4, 0.5) is 0 Å². The zero-order valence-electron chi connectivity index (χ0n) is 11.2. The Labute approximate surface area is 133 Å². The van der Waals surface area contributed by atoms with Crippen LogP contribution in [0.3, 0.4) is 0 Å². The molecule has 1 saturated heterocycles. The highest BCUT2D eigenvalue weighted by molar-refractivity contribution is 9.10. The van der Waals surface area contributed by atoms with Gasteiger partial charge in [-0.05, 0) is 42.1 Å². The van der Waals surface area contributed by atoms with Crippen LogP contribution in [0, 0.1) is 0 Å². The molecule has 104 valence electrons. The number of rotatable bonds is 2. The van der Waals surface area contributed by atoms with Crippen LogP contribution in [0.15, 0.2) is 53.0 Å². The van der Waals surface area contributed by atoms with Crippen molar-refractivity contribution in [3.63, 3.8) is 0 Å². The van der Waals surface area contributed by atoms with Gasteiger partial charge >= 0.3 is 0 Å². The highest BCUT2D eigenvalue weighted by Gasteiger charge is 2.28. The lowest BCUT2D eigenvalue weighted by atomic mass is 9.77. The summed E-state index contributed by atoms with van der Waals surface area (Å²) >= 11 is 9.95. The summed E-state index contributed by atoms with van der Waals surface area (Å²) < 4.78 is 1.04. The molecule has 0 aromatic heterocycles. The first kappa shape index (κ1) is 14.1. The lowest BCUT2D eigenvalue weighted by molar-refractivity contribution is 0.404. The van der Waals surface area contributed by atoms with Gasteiger partial charge in [0, 0.05) is 22.0 Å². The summed E-state index contributed by atoms with van der Waals surface area (Å²) in [7, 11) is 0. The minimum absolute atomic E-state index is 0.485. The van der Waals surface area contributed by atoms with Gasteiger partial charge in [0.25, 0.3) is 0 Å². The third-order valence-corrected chi connectivity index (χ3v) is 4.89. The van der Waals surface area contributed by atoms with Gasteiger partial charge in [0.1, 0.15) is 0 Å². The molecule has 0 aliphatic carbocycles. The number of benzene rings is 2. The minimum atomic E-state index is 0.485. The van der Waals surface area contributed by atoms with Gasteiger partial charge in [-0.2, -0.15) is 0 Å². The number of hydrogen-bond donors (Lipinski definition) is 1. The van der Waals surface area contributed by atoms with Gasteiger partial charge in [-0.3, -0.25) is 0 Å². The maximum absolute atomic E-state index is 6.47. The predicted octanol–water partition coefficient (Wildman–Crippen LogP) is 4.96. The first-order valence-corrected chi connectivity index (χ1v) is 8.13. The molecule has 2 atom stereocenters. The van der Waals surface area contributed by atoms with E-state index in [0.29, 0.717) is 11.8 Å². The molecule has 1 N–H and O–H groups in total. The van der Waals surface area contributed by atoms with E-state index in [9.17, 15) is 0 Å². The maximum Gasteiger partial charge on any atom is 0.0452 e. The SMILES string of the molecule is Clc1cc(Br)ccc1C1CCNCC1c1ccccc1. The minimum Gasteiger partial charge on any atom is -0.316 e. The van der Waals surface area contributed by atoms with Crippen LogP contribution in [-0.4, -0.2) is 13.1 Å². The summed E-state index contributed by atoms with van der Waals surface area (Å²) in [5, 5.41) is 4.38. The van der Waals surface area contributed by atoms with E-state index in [4.69, 9.17) is 11.6 Å². The predicted molar refractivity (Wildman–Crippen MR) is 88.6 cm³/mol. The second-order valence-corrected chi connectivity index (χ2v) is 6.61. The van der Waals surface area contributed by atoms with Crippen LogP contribution in [0.2, 0.25) is 5.02 Å². The summed E-state index contributed by atoms with van der Waals surface area (Å²) in [6.45, 7) is 2.07. The fourth-order valence-corrected chi connectivity index (χ4v) is 3.90. The molecule has 0 bridgehead atoms. The molecule has 3 rings (SSSR count). The van der Waals surface area contributed by atoms with E-state index in [1.54, 1.807) is 0 Å². The fraction of sp³-hybridized carbons (Fsp3) is 0.294. The van der Waals surface area contributed by atoms with E-state index in [1.165, 1.54) is 11.1 Å². The molecule has 3 heteroatoms. The number of hydrogen-bond acceptors (Lipinski definition) is 1. The maximum atomic E-state index is 6.47. The van der Waals surface area contributed by atoms with E-state index in [-0.39, 0.29) is 0 Å². The summed E-state index contributed by atoms with van der Waals surface area (Å²) in [5.74, 6) is 0.975. The first-order valence-electron chi connectivity index (χ1n) is 6.96. The van der Waals surface area contributed by atoms with Crippen LogP contribution in [0.1, 0.15) is 29.4 Å². The van der Waals surface area contributed by atoms with Crippen LogP contribution in [0.25, 0.3) is 0 Å². The number of nitrogens with one attached hydrogen (secondary N) is 1. The Balaban J connectivity index is 1.97. The van der Waals surface area contributed by atoms with E-state index >= 15 is 0 Å².